The zero-order chi connectivity index (χ0) is 21.1. The first-order valence-corrected chi connectivity index (χ1v) is 9.71. The van der Waals surface area contributed by atoms with Crippen LogP contribution in [0, 0.1) is 0 Å². The minimum atomic E-state index is -0.295. The molecule has 0 fully saturated rings. The van der Waals surface area contributed by atoms with Crippen LogP contribution >= 0.6 is 0 Å². The summed E-state index contributed by atoms with van der Waals surface area (Å²) in [6, 6.07) is 9.58. The SMILES string of the molecule is CN(C)C(=O)[n+]1[nH]ncc1COc1coc(CN2CCc3ccccc3C2)cc1=O. The number of hydrogen-bond acceptors (Lipinski definition) is 6. The van der Waals surface area contributed by atoms with Crippen LogP contribution in [-0.4, -0.2) is 46.8 Å². The number of nitrogens with one attached hydrogen (secondary N) is 1. The van der Waals surface area contributed by atoms with E-state index in [2.05, 4.69) is 33.4 Å². The molecule has 1 N–H and O–H groups in total. The van der Waals surface area contributed by atoms with Gasteiger partial charge in [0.05, 0.1) is 20.6 Å². The topological polar surface area (TPSA) is 95.6 Å². The van der Waals surface area contributed by atoms with Crippen LogP contribution in [0.4, 0.5) is 4.79 Å². The van der Waals surface area contributed by atoms with Gasteiger partial charge in [0.25, 0.3) is 0 Å². The summed E-state index contributed by atoms with van der Waals surface area (Å²) in [4.78, 5) is 28.2. The Balaban J connectivity index is 1.39. The highest BCUT2D eigenvalue weighted by atomic mass is 16.5. The molecule has 0 atom stereocenters. The van der Waals surface area contributed by atoms with Crippen LogP contribution in [-0.2, 0) is 26.1 Å². The molecule has 0 unspecified atom stereocenters. The predicted molar refractivity (Wildman–Crippen MR) is 107 cm³/mol. The molecule has 0 bridgehead atoms. The molecule has 156 valence electrons. The number of carbonyl (C=O) groups excluding carboxylic acids is 1. The van der Waals surface area contributed by atoms with Crippen molar-refractivity contribution in [2.75, 3.05) is 20.6 Å². The summed E-state index contributed by atoms with van der Waals surface area (Å²) in [5.74, 6) is 0.681. The third-order valence-electron chi connectivity index (χ3n) is 5.05. The minimum Gasteiger partial charge on any atom is -0.479 e. The molecule has 1 aromatic carbocycles. The van der Waals surface area contributed by atoms with Gasteiger partial charge in [-0.1, -0.05) is 28.9 Å². The first kappa shape index (κ1) is 19.8. The van der Waals surface area contributed by atoms with Crippen molar-refractivity contribution in [1.82, 2.24) is 20.1 Å². The molecule has 4 rings (SSSR count). The van der Waals surface area contributed by atoms with Crippen molar-refractivity contribution in [3.8, 4) is 5.75 Å². The number of aromatic nitrogens is 3. The molecule has 0 saturated heterocycles. The normalized spacial score (nSPS) is 13.7. The van der Waals surface area contributed by atoms with Gasteiger partial charge in [-0.2, -0.15) is 0 Å². The summed E-state index contributed by atoms with van der Waals surface area (Å²) in [5, 5.41) is 6.45. The summed E-state index contributed by atoms with van der Waals surface area (Å²) in [5.41, 5.74) is 2.92. The van der Waals surface area contributed by atoms with E-state index in [1.807, 2.05) is 6.07 Å². The van der Waals surface area contributed by atoms with Crippen molar-refractivity contribution in [2.45, 2.75) is 26.1 Å². The lowest BCUT2D eigenvalue weighted by atomic mass is 10.00. The molecule has 0 aliphatic carbocycles. The quantitative estimate of drug-likeness (QED) is 0.638. The number of aromatic amines is 1. The number of carbonyl (C=O) groups is 1. The maximum atomic E-state index is 12.5. The van der Waals surface area contributed by atoms with E-state index < -0.39 is 0 Å². The molecule has 0 radical (unpaired) electrons. The smallest absolute Gasteiger partial charge is 0.460 e. The van der Waals surface area contributed by atoms with Crippen molar-refractivity contribution >= 4 is 6.03 Å². The van der Waals surface area contributed by atoms with Gasteiger partial charge in [0, 0.05) is 19.2 Å². The zero-order valence-electron chi connectivity index (χ0n) is 17.0. The number of H-pyrrole nitrogens is 1. The number of amides is 1. The summed E-state index contributed by atoms with van der Waals surface area (Å²) in [6.45, 7) is 2.31. The van der Waals surface area contributed by atoms with E-state index >= 15 is 0 Å². The molecule has 1 aliphatic heterocycles. The highest BCUT2D eigenvalue weighted by molar-refractivity contribution is 5.63. The Morgan fingerprint density at radius 1 is 1.33 bits per heavy atom. The number of fused-ring (bicyclic) bond motifs is 1. The van der Waals surface area contributed by atoms with Gasteiger partial charge in [0.2, 0.25) is 11.2 Å². The van der Waals surface area contributed by atoms with Crippen molar-refractivity contribution < 1.29 is 18.6 Å². The van der Waals surface area contributed by atoms with E-state index in [-0.39, 0.29) is 23.8 Å². The van der Waals surface area contributed by atoms with Crippen molar-refractivity contribution in [1.29, 1.82) is 0 Å². The number of ether oxygens (including phenoxy) is 1. The highest BCUT2D eigenvalue weighted by Gasteiger charge is 2.22. The highest BCUT2D eigenvalue weighted by Crippen LogP contribution is 2.20. The van der Waals surface area contributed by atoms with Crippen LogP contribution < -0.4 is 14.8 Å². The van der Waals surface area contributed by atoms with Gasteiger partial charge in [0.1, 0.15) is 18.6 Å². The lowest BCUT2D eigenvalue weighted by Gasteiger charge is -2.28. The summed E-state index contributed by atoms with van der Waals surface area (Å²) in [7, 11) is 3.27. The minimum absolute atomic E-state index is 0.00307. The molecule has 30 heavy (non-hydrogen) atoms. The molecule has 9 heteroatoms. The number of nitrogens with zero attached hydrogens (tertiary/aromatic N) is 4. The molecule has 3 heterocycles. The largest absolute Gasteiger partial charge is 0.479 e. The van der Waals surface area contributed by atoms with E-state index in [0.29, 0.717) is 18.0 Å². The predicted octanol–water partition coefficient (Wildman–Crippen LogP) is 1.32. The molecular weight excluding hydrogens is 386 g/mol. The Labute approximate surface area is 173 Å². The first-order valence-electron chi connectivity index (χ1n) is 9.71. The molecule has 2 aromatic heterocycles. The van der Waals surface area contributed by atoms with Gasteiger partial charge in [-0.05, 0) is 22.6 Å². The Bertz CT molecular complexity index is 1100. The third-order valence-corrected chi connectivity index (χ3v) is 5.05. The maximum absolute atomic E-state index is 12.5. The fourth-order valence-electron chi connectivity index (χ4n) is 3.44. The van der Waals surface area contributed by atoms with E-state index in [9.17, 15) is 9.59 Å². The standard InChI is InChI=1S/C21H23N5O4/c1-24(2)21(28)26-17(10-22-23-26)13-30-20-14-29-18(9-19(20)27)12-25-8-7-15-5-3-4-6-16(15)11-25/h3-6,9-10,14H,7-8,11-13H2,1-2H3/p+1. The molecule has 0 spiro atoms. The van der Waals surface area contributed by atoms with Gasteiger partial charge in [-0.15, -0.1) is 5.21 Å². The van der Waals surface area contributed by atoms with Crippen LogP contribution in [0.15, 0.2) is 52.0 Å². The molecule has 0 saturated carbocycles. The first-order chi connectivity index (χ1) is 14.5. The Morgan fingerprint density at radius 2 is 2.13 bits per heavy atom. The second kappa shape index (κ2) is 8.50. The van der Waals surface area contributed by atoms with Crippen molar-refractivity contribution in [3.05, 3.63) is 75.6 Å². The second-order valence-electron chi connectivity index (χ2n) is 7.45. The van der Waals surface area contributed by atoms with Gasteiger partial charge in [-0.3, -0.25) is 14.6 Å². The second-order valence-corrected chi connectivity index (χ2v) is 7.45. The lowest BCUT2D eigenvalue weighted by molar-refractivity contribution is -0.649. The third kappa shape index (κ3) is 4.25. The molecule has 9 nitrogen and oxygen atoms in total. The average Bonchev–Trinajstić information content (AvgIpc) is 3.21. The maximum Gasteiger partial charge on any atom is 0.460 e. The van der Waals surface area contributed by atoms with Crippen LogP contribution in [0.25, 0.3) is 0 Å². The number of rotatable bonds is 5. The Kier molecular flexibility index (Phi) is 5.62. The molecular formula is C21H24N5O4+. The van der Waals surface area contributed by atoms with E-state index in [0.717, 1.165) is 19.5 Å². The number of benzene rings is 1. The zero-order valence-corrected chi connectivity index (χ0v) is 17.0. The van der Waals surface area contributed by atoms with Crippen molar-refractivity contribution in [2.24, 2.45) is 0 Å². The Morgan fingerprint density at radius 3 is 2.90 bits per heavy atom. The molecule has 3 aromatic rings. The van der Waals surface area contributed by atoms with Gasteiger partial charge in [-0.25, -0.2) is 4.79 Å². The van der Waals surface area contributed by atoms with Gasteiger partial charge < -0.3 is 9.15 Å². The summed E-state index contributed by atoms with van der Waals surface area (Å²) in [6.07, 6.45) is 3.79. The lowest BCUT2D eigenvalue weighted by Crippen LogP contribution is -2.53. The Hall–Kier alpha value is -3.46. The van der Waals surface area contributed by atoms with Gasteiger partial charge >= 0.3 is 6.03 Å². The van der Waals surface area contributed by atoms with Crippen LogP contribution in [0.5, 0.6) is 5.75 Å². The van der Waals surface area contributed by atoms with Crippen LogP contribution in [0.2, 0.25) is 0 Å². The van der Waals surface area contributed by atoms with E-state index in [1.54, 1.807) is 14.1 Å². The fraction of sp³-hybridized carbons (Fsp3) is 0.333. The van der Waals surface area contributed by atoms with E-state index in [1.165, 1.54) is 39.2 Å². The number of hydrogen-bond donors (Lipinski definition) is 1. The van der Waals surface area contributed by atoms with Crippen LogP contribution in [0.1, 0.15) is 22.6 Å². The van der Waals surface area contributed by atoms with E-state index in [4.69, 9.17) is 9.15 Å². The van der Waals surface area contributed by atoms with Crippen LogP contribution in [0.3, 0.4) is 0 Å². The average molecular weight is 410 g/mol. The molecule has 1 aliphatic rings. The molecule has 1 amide bonds. The van der Waals surface area contributed by atoms with Gasteiger partial charge in [0.15, 0.2) is 11.9 Å². The summed E-state index contributed by atoms with van der Waals surface area (Å²) >= 11 is 0. The summed E-state index contributed by atoms with van der Waals surface area (Å²) < 4.78 is 12.5. The van der Waals surface area contributed by atoms with Crippen molar-refractivity contribution in [3.63, 3.8) is 0 Å². The monoisotopic (exact) mass is 410 g/mol. The fourth-order valence-corrected chi connectivity index (χ4v) is 3.44.